The number of aromatic nitrogens is 1. The Morgan fingerprint density at radius 2 is 2.07 bits per heavy atom. The fourth-order valence-corrected chi connectivity index (χ4v) is 2.87. The fraction of sp³-hybridized carbons (Fsp3) is 0.500. The minimum absolute atomic E-state index is 0.713. The summed E-state index contributed by atoms with van der Waals surface area (Å²) in [6.45, 7) is 6.74. The van der Waals surface area contributed by atoms with Crippen LogP contribution in [0.2, 0.25) is 0 Å². The lowest BCUT2D eigenvalue weighted by Gasteiger charge is -2.41. The van der Waals surface area contributed by atoms with Crippen LogP contribution in [0.4, 0.5) is 0 Å². The molecule has 0 amide bonds. The summed E-state index contributed by atoms with van der Waals surface area (Å²) in [6.07, 6.45) is 7.43. The Bertz CT molecular complexity index is 359. The van der Waals surface area contributed by atoms with Gasteiger partial charge >= 0.3 is 0 Å². The predicted molar refractivity (Wildman–Crippen MR) is 64.6 cm³/mol. The number of allylic oxidation sites excluding steroid dienone is 1. The van der Waals surface area contributed by atoms with Gasteiger partial charge in [0.25, 0.3) is 0 Å². The van der Waals surface area contributed by atoms with E-state index in [1.165, 1.54) is 12.0 Å². The Kier molecular flexibility index (Phi) is 2.90. The molecule has 1 aromatic heterocycles. The van der Waals surface area contributed by atoms with Crippen molar-refractivity contribution in [3.8, 4) is 0 Å². The third-order valence-corrected chi connectivity index (χ3v) is 3.52. The highest BCUT2D eigenvalue weighted by Gasteiger charge is 2.36. The summed E-state index contributed by atoms with van der Waals surface area (Å²) < 4.78 is 0. The minimum Gasteiger partial charge on any atom is -0.257 e. The van der Waals surface area contributed by atoms with Gasteiger partial charge in [-0.15, -0.1) is 0 Å². The molecule has 0 radical (unpaired) electrons. The maximum Gasteiger partial charge on any atom is 0.0661 e. The summed E-state index contributed by atoms with van der Waals surface area (Å²) in [5, 5.41) is 0. The van der Waals surface area contributed by atoms with E-state index in [0.29, 0.717) is 5.92 Å². The fourth-order valence-electron chi connectivity index (χ4n) is 2.87. The molecule has 1 heteroatoms. The third-order valence-electron chi connectivity index (χ3n) is 3.52. The van der Waals surface area contributed by atoms with Crippen molar-refractivity contribution in [2.75, 3.05) is 0 Å². The largest absolute Gasteiger partial charge is 0.257 e. The second-order valence-electron chi connectivity index (χ2n) is 4.69. The molecule has 1 heterocycles. The van der Waals surface area contributed by atoms with Gasteiger partial charge in [0.05, 0.1) is 5.69 Å². The maximum atomic E-state index is 4.45. The number of rotatable bonds is 2. The molecule has 0 aromatic carbocycles. The van der Waals surface area contributed by atoms with Gasteiger partial charge in [0.1, 0.15) is 0 Å². The normalized spacial score (nSPS) is 30.5. The Morgan fingerprint density at radius 3 is 2.67 bits per heavy atom. The van der Waals surface area contributed by atoms with Gasteiger partial charge in [-0.1, -0.05) is 26.0 Å². The maximum absolute atomic E-state index is 4.45. The van der Waals surface area contributed by atoms with E-state index in [1.54, 1.807) is 0 Å². The van der Waals surface area contributed by atoms with Crippen molar-refractivity contribution < 1.29 is 0 Å². The first kappa shape index (κ1) is 10.4. The zero-order valence-electron chi connectivity index (χ0n) is 9.77. The standard InChI is InChI=1S/C14H19N/c1-4-6-13-12(7-5-8-15-13)14-10(2)9-11(14)3/h4-8,10-11,14H,9H2,1-3H3/b6-4-. The van der Waals surface area contributed by atoms with Crippen LogP contribution in [0.1, 0.15) is 44.4 Å². The molecule has 1 aliphatic rings. The van der Waals surface area contributed by atoms with E-state index in [0.717, 1.165) is 17.5 Å². The highest BCUT2D eigenvalue weighted by Crippen LogP contribution is 2.47. The Hall–Kier alpha value is -1.11. The van der Waals surface area contributed by atoms with Gasteiger partial charge in [-0.3, -0.25) is 4.98 Å². The van der Waals surface area contributed by atoms with Crippen LogP contribution in [0.25, 0.3) is 6.08 Å². The first-order valence-electron chi connectivity index (χ1n) is 5.81. The lowest BCUT2D eigenvalue weighted by Crippen LogP contribution is -2.31. The molecular formula is C14H19N. The molecule has 2 rings (SSSR count). The Morgan fingerprint density at radius 1 is 1.33 bits per heavy atom. The lowest BCUT2D eigenvalue weighted by atomic mass is 9.63. The van der Waals surface area contributed by atoms with Crippen molar-refractivity contribution in [3.05, 3.63) is 35.7 Å². The van der Waals surface area contributed by atoms with Gasteiger partial charge in [-0.05, 0) is 48.8 Å². The third kappa shape index (κ3) is 1.83. The summed E-state index contributed by atoms with van der Waals surface area (Å²) >= 11 is 0. The first-order valence-corrected chi connectivity index (χ1v) is 5.81. The van der Waals surface area contributed by atoms with Crippen molar-refractivity contribution >= 4 is 6.08 Å². The van der Waals surface area contributed by atoms with Gasteiger partial charge in [0, 0.05) is 6.20 Å². The molecule has 2 unspecified atom stereocenters. The van der Waals surface area contributed by atoms with Gasteiger partial charge in [-0.25, -0.2) is 0 Å². The van der Waals surface area contributed by atoms with Crippen LogP contribution in [-0.4, -0.2) is 4.98 Å². The lowest BCUT2D eigenvalue weighted by molar-refractivity contribution is 0.175. The SMILES string of the molecule is C/C=C\c1ncccc1C1C(C)CC1C. The molecule has 80 valence electrons. The van der Waals surface area contributed by atoms with Crippen molar-refractivity contribution in [2.24, 2.45) is 11.8 Å². The van der Waals surface area contributed by atoms with Gasteiger partial charge in [-0.2, -0.15) is 0 Å². The van der Waals surface area contributed by atoms with Gasteiger partial charge in [0.2, 0.25) is 0 Å². The average molecular weight is 201 g/mol. The molecule has 0 N–H and O–H groups in total. The summed E-state index contributed by atoms with van der Waals surface area (Å²) in [7, 11) is 0. The zero-order valence-corrected chi connectivity index (χ0v) is 9.77. The molecule has 1 saturated carbocycles. The quantitative estimate of drug-likeness (QED) is 0.707. The summed E-state index contributed by atoms with van der Waals surface area (Å²) in [5.74, 6) is 2.34. The Labute approximate surface area is 92.2 Å². The van der Waals surface area contributed by atoms with Crippen molar-refractivity contribution in [3.63, 3.8) is 0 Å². The number of hydrogen-bond donors (Lipinski definition) is 0. The topological polar surface area (TPSA) is 12.9 Å². The second-order valence-corrected chi connectivity index (χ2v) is 4.69. The van der Waals surface area contributed by atoms with Crippen LogP contribution in [0, 0.1) is 11.8 Å². The van der Waals surface area contributed by atoms with E-state index in [4.69, 9.17) is 0 Å². The highest BCUT2D eigenvalue weighted by molar-refractivity contribution is 5.50. The molecule has 0 bridgehead atoms. The van der Waals surface area contributed by atoms with Crippen LogP contribution in [0.15, 0.2) is 24.4 Å². The molecule has 15 heavy (non-hydrogen) atoms. The molecule has 0 spiro atoms. The second kappa shape index (κ2) is 4.18. The number of nitrogens with zero attached hydrogens (tertiary/aromatic N) is 1. The zero-order chi connectivity index (χ0) is 10.8. The van der Waals surface area contributed by atoms with E-state index in [1.807, 2.05) is 13.1 Å². The smallest absolute Gasteiger partial charge is 0.0661 e. The highest BCUT2D eigenvalue weighted by atomic mass is 14.7. The van der Waals surface area contributed by atoms with E-state index in [2.05, 4.69) is 43.1 Å². The molecule has 1 nitrogen and oxygen atoms in total. The van der Waals surface area contributed by atoms with Crippen LogP contribution < -0.4 is 0 Å². The number of pyridine rings is 1. The molecule has 1 fully saturated rings. The van der Waals surface area contributed by atoms with Crippen LogP contribution >= 0.6 is 0 Å². The number of hydrogen-bond acceptors (Lipinski definition) is 1. The van der Waals surface area contributed by atoms with Crippen LogP contribution in [0.5, 0.6) is 0 Å². The summed E-state index contributed by atoms with van der Waals surface area (Å²) in [6, 6.07) is 4.29. The summed E-state index contributed by atoms with van der Waals surface area (Å²) in [4.78, 5) is 4.45. The summed E-state index contributed by atoms with van der Waals surface area (Å²) in [5.41, 5.74) is 2.59. The molecule has 0 aliphatic heterocycles. The minimum atomic E-state index is 0.713. The van der Waals surface area contributed by atoms with E-state index >= 15 is 0 Å². The Balaban J connectivity index is 2.34. The van der Waals surface area contributed by atoms with E-state index in [-0.39, 0.29) is 0 Å². The molecular weight excluding hydrogens is 182 g/mol. The predicted octanol–water partition coefficient (Wildman–Crippen LogP) is 3.87. The molecule has 0 saturated heterocycles. The van der Waals surface area contributed by atoms with Gasteiger partial charge in [0.15, 0.2) is 0 Å². The molecule has 1 aromatic rings. The van der Waals surface area contributed by atoms with Crippen molar-refractivity contribution in [1.29, 1.82) is 0 Å². The average Bonchev–Trinajstić information content (AvgIpc) is 2.21. The van der Waals surface area contributed by atoms with Crippen LogP contribution in [-0.2, 0) is 0 Å². The van der Waals surface area contributed by atoms with E-state index in [9.17, 15) is 0 Å². The molecule has 1 aliphatic carbocycles. The van der Waals surface area contributed by atoms with Crippen molar-refractivity contribution in [2.45, 2.75) is 33.1 Å². The first-order chi connectivity index (χ1) is 7.24. The van der Waals surface area contributed by atoms with Crippen LogP contribution in [0.3, 0.4) is 0 Å². The molecule has 2 atom stereocenters. The van der Waals surface area contributed by atoms with E-state index < -0.39 is 0 Å². The van der Waals surface area contributed by atoms with Crippen molar-refractivity contribution in [1.82, 2.24) is 4.98 Å². The van der Waals surface area contributed by atoms with Gasteiger partial charge < -0.3 is 0 Å². The monoisotopic (exact) mass is 201 g/mol.